The third kappa shape index (κ3) is 7.07. The first-order valence-electron chi connectivity index (χ1n) is 8.25. The van der Waals surface area contributed by atoms with Crippen LogP contribution in [0.4, 0.5) is 18.0 Å². The second-order valence-electron chi connectivity index (χ2n) is 5.48. The first-order chi connectivity index (χ1) is 13.5. The molecule has 1 heterocycles. The minimum absolute atomic E-state index is 0.158. The van der Waals surface area contributed by atoms with E-state index in [0.29, 0.717) is 11.5 Å². The number of thioether (sulfide) groups is 1. The van der Waals surface area contributed by atoms with Crippen LogP contribution in [-0.4, -0.2) is 59.0 Å². The van der Waals surface area contributed by atoms with E-state index in [2.05, 4.69) is 0 Å². The number of nitrogens with zero attached hydrogens (tertiary/aromatic N) is 1. The quantitative estimate of drug-likeness (QED) is 0.578. The number of amides is 2. The number of ether oxygens (including phenoxy) is 1. The lowest BCUT2D eigenvalue weighted by Gasteiger charge is -2.21. The zero-order valence-corrected chi connectivity index (χ0v) is 16.1. The Morgan fingerprint density at radius 3 is 2.17 bits per heavy atom. The van der Waals surface area contributed by atoms with Crippen LogP contribution in [0.3, 0.4) is 0 Å². The standard InChI is InChI=1S/C15H19N3O3S.C2HF3O2/c1-2-21-12-5-3-10(4-6-12)7-13-14(19)18(15(20)22-13)11(8-16)9-17;3-2(4,5)1(6)7/h3-7,11H,2,8-9,16-17H2,1H3;(H,6,7)/b13-7-;. The Bertz CT molecular complexity index is 765. The summed E-state index contributed by atoms with van der Waals surface area (Å²) in [6.07, 6.45) is -3.40. The minimum atomic E-state index is -5.08. The van der Waals surface area contributed by atoms with Crippen molar-refractivity contribution in [1.82, 2.24) is 4.90 Å². The van der Waals surface area contributed by atoms with Crippen molar-refractivity contribution in [2.45, 2.75) is 19.1 Å². The molecular weight excluding hydrogens is 415 g/mol. The number of imide groups is 1. The van der Waals surface area contributed by atoms with Crippen molar-refractivity contribution in [2.75, 3.05) is 19.7 Å². The number of alkyl halides is 3. The molecule has 5 N–H and O–H groups in total. The van der Waals surface area contributed by atoms with Crippen LogP contribution in [0.2, 0.25) is 0 Å². The molecule has 1 aromatic carbocycles. The number of benzene rings is 1. The molecule has 0 atom stereocenters. The van der Waals surface area contributed by atoms with Gasteiger partial charge in [-0.1, -0.05) is 12.1 Å². The number of carbonyl (C=O) groups is 3. The third-order valence-corrected chi connectivity index (χ3v) is 4.35. The fourth-order valence-corrected chi connectivity index (χ4v) is 2.98. The molecule has 1 aliphatic rings. The largest absolute Gasteiger partial charge is 0.494 e. The zero-order chi connectivity index (χ0) is 22.2. The van der Waals surface area contributed by atoms with E-state index in [1.54, 1.807) is 6.08 Å². The van der Waals surface area contributed by atoms with E-state index in [1.807, 2.05) is 31.2 Å². The van der Waals surface area contributed by atoms with Gasteiger partial charge in [0.25, 0.3) is 11.1 Å². The van der Waals surface area contributed by atoms with Crippen LogP contribution in [0.15, 0.2) is 29.2 Å². The first-order valence-corrected chi connectivity index (χ1v) is 9.06. The van der Waals surface area contributed by atoms with Gasteiger partial charge in [-0.05, 0) is 42.5 Å². The summed E-state index contributed by atoms with van der Waals surface area (Å²) in [5, 5.41) is 6.79. The molecule has 2 amide bonds. The van der Waals surface area contributed by atoms with E-state index in [-0.39, 0.29) is 24.2 Å². The maximum atomic E-state index is 12.3. The van der Waals surface area contributed by atoms with Gasteiger partial charge >= 0.3 is 12.1 Å². The summed E-state index contributed by atoms with van der Waals surface area (Å²) in [6, 6.07) is 6.85. The molecule has 1 aromatic rings. The number of nitrogens with two attached hydrogens (primary N) is 2. The SMILES string of the molecule is CCOc1ccc(/C=C2\SC(=O)N(C(CN)CN)C2=O)cc1.O=C(O)C(F)(F)F. The summed E-state index contributed by atoms with van der Waals surface area (Å²) in [6.45, 7) is 2.82. The van der Waals surface area contributed by atoms with E-state index in [1.165, 1.54) is 0 Å². The van der Waals surface area contributed by atoms with Crippen LogP contribution in [0.1, 0.15) is 12.5 Å². The number of hydrogen-bond donors (Lipinski definition) is 3. The molecule has 0 saturated carbocycles. The number of hydrogen-bond acceptors (Lipinski definition) is 7. The average molecular weight is 435 g/mol. The molecule has 12 heteroatoms. The molecule has 0 radical (unpaired) electrons. The highest BCUT2D eigenvalue weighted by atomic mass is 32.2. The van der Waals surface area contributed by atoms with Gasteiger partial charge in [0.1, 0.15) is 5.75 Å². The summed E-state index contributed by atoms with van der Waals surface area (Å²) < 4.78 is 37.1. The zero-order valence-electron chi connectivity index (χ0n) is 15.3. The number of carboxylic acid groups (broad SMARTS) is 1. The van der Waals surface area contributed by atoms with Gasteiger partial charge in [0.2, 0.25) is 0 Å². The predicted octanol–water partition coefficient (Wildman–Crippen LogP) is 2.04. The monoisotopic (exact) mass is 435 g/mol. The fraction of sp³-hybridized carbons (Fsp3) is 0.353. The molecule has 0 unspecified atom stereocenters. The van der Waals surface area contributed by atoms with Crippen LogP contribution >= 0.6 is 11.8 Å². The van der Waals surface area contributed by atoms with Gasteiger partial charge in [-0.25, -0.2) is 4.79 Å². The van der Waals surface area contributed by atoms with Gasteiger partial charge in [-0.2, -0.15) is 13.2 Å². The molecule has 160 valence electrons. The van der Waals surface area contributed by atoms with E-state index in [4.69, 9.17) is 26.1 Å². The number of rotatable bonds is 6. The lowest BCUT2D eigenvalue weighted by molar-refractivity contribution is -0.192. The average Bonchev–Trinajstić information content (AvgIpc) is 2.92. The van der Waals surface area contributed by atoms with Crippen LogP contribution in [0, 0.1) is 0 Å². The van der Waals surface area contributed by atoms with Crippen LogP contribution < -0.4 is 16.2 Å². The van der Waals surface area contributed by atoms with Gasteiger partial charge in [-0.15, -0.1) is 0 Å². The highest BCUT2D eigenvalue weighted by Gasteiger charge is 2.39. The maximum absolute atomic E-state index is 12.3. The molecule has 1 fully saturated rings. The van der Waals surface area contributed by atoms with Crippen molar-refractivity contribution in [3.8, 4) is 5.75 Å². The molecule has 1 saturated heterocycles. The number of aliphatic carboxylic acids is 1. The predicted molar refractivity (Wildman–Crippen MR) is 101 cm³/mol. The fourth-order valence-electron chi connectivity index (χ4n) is 2.08. The van der Waals surface area contributed by atoms with Crippen molar-refractivity contribution in [2.24, 2.45) is 11.5 Å². The summed E-state index contributed by atoms with van der Waals surface area (Å²) in [4.78, 5) is 34.7. The Balaban J connectivity index is 0.000000516. The topological polar surface area (TPSA) is 136 Å². The Morgan fingerprint density at radius 1 is 1.24 bits per heavy atom. The lowest BCUT2D eigenvalue weighted by atomic mass is 10.2. The van der Waals surface area contributed by atoms with Crippen LogP contribution in [-0.2, 0) is 9.59 Å². The summed E-state index contributed by atoms with van der Waals surface area (Å²) in [7, 11) is 0. The van der Waals surface area contributed by atoms with Crippen LogP contribution in [0.5, 0.6) is 5.75 Å². The van der Waals surface area contributed by atoms with Crippen molar-refractivity contribution in [3.05, 3.63) is 34.7 Å². The van der Waals surface area contributed by atoms with E-state index < -0.39 is 18.2 Å². The molecule has 2 rings (SSSR count). The first kappa shape index (κ1) is 24.5. The number of carbonyl (C=O) groups excluding carboxylic acids is 2. The Morgan fingerprint density at radius 2 is 1.76 bits per heavy atom. The Labute approximate surface area is 168 Å². The van der Waals surface area contributed by atoms with E-state index >= 15 is 0 Å². The summed E-state index contributed by atoms with van der Waals surface area (Å²) >= 11 is 0.906. The third-order valence-electron chi connectivity index (χ3n) is 3.46. The molecule has 1 aliphatic heterocycles. The van der Waals surface area contributed by atoms with Gasteiger partial charge in [0.05, 0.1) is 17.6 Å². The van der Waals surface area contributed by atoms with E-state index in [9.17, 15) is 22.8 Å². The molecule has 0 aliphatic carbocycles. The second-order valence-corrected chi connectivity index (χ2v) is 6.48. The molecular formula is C17H20F3N3O5S. The molecule has 0 spiro atoms. The smallest absolute Gasteiger partial charge is 0.490 e. The summed E-state index contributed by atoms with van der Waals surface area (Å²) in [5.74, 6) is -2.34. The highest BCUT2D eigenvalue weighted by Crippen LogP contribution is 2.33. The summed E-state index contributed by atoms with van der Waals surface area (Å²) in [5.41, 5.74) is 11.9. The van der Waals surface area contributed by atoms with Crippen molar-refractivity contribution >= 4 is 35.0 Å². The number of carboxylic acids is 1. The van der Waals surface area contributed by atoms with Crippen molar-refractivity contribution < 1.29 is 37.4 Å². The van der Waals surface area contributed by atoms with Crippen molar-refractivity contribution in [3.63, 3.8) is 0 Å². The van der Waals surface area contributed by atoms with Gasteiger partial charge in [0.15, 0.2) is 0 Å². The molecule has 29 heavy (non-hydrogen) atoms. The highest BCUT2D eigenvalue weighted by molar-refractivity contribution is 8.18. The van der Waals surface area contributed by atoms with Crippen molar-refractivity contribution in [1.29, 1.82) is 0 Å². The van der Waals surface area contributed by atoms with Gasteiger partial charge < -0.3 is 21.3 Å². The minimum Gasteiger partial charge on any atom is -0.494 e. The lowest BCUT2D eigenvalue weighted by Crippen LogP contribution is -2.47. The van der Waals surface area contributed by atoms with Gasteiger partial charge in [-0.3, -0.25) is 14.5 Å². The van der Waals surface area contributed by atoms with E-state index in [0.717, 1.165) is 28.0 Å². The number of halogens is 3. The van der Waals surface area contributed by atoms with Gasteiger partial charge in [0, 0.05) is 13.1 Å². The Hall–Kier alpha value is -2.57. The molecule has 0 aromatic heterocycles. The maximum Gasteiger partial charge on any atom is 0.490 e. The molecule has 0 bridgehead atoms. The molecule has 8 nitrogen and oxygen atoms in total. The second kappa shape index (κ2) is 10.8. The normalized spacial score (nSPS) is 15.6. The Kier molecular flexibility index (Phi) is 9.14. The van der Waals surface area contributed by atoms with Crippen LogP contribution in [0.25, 0.3) is 6.08 Å².